The van der Waals surface area contributed by atoms with E-state index in [2.05, 4.69) is 4.90 Å². The van der Waals surface area contributed by atoms with Crippen LogP contribution in [0, 0.1) is 5.41 Å². The number of anilines is 1. The molecule has 1 fully saturated rings. The Labute approximate surface area is 243 Å². The quantitative estimate of drug-likeness (QED) is 0.179. The molecular weight excluding hydrogens is 717 g/mol. The molecule has 0 unspecified atom stereocenters. The maximum absolute atomic E-state index is 11.5. The van der Waals surface area contributed by atoms with Gasteiger partial charge < -0.3 is 47.2 Å². The summed E-state index contributed by atoms with van der Waals surface area (Å²) in [6.45, 7) is 5.77. The van der Waals surface area contributed by atoms with Crippen molar-refractivity contribution in [1.29, 1.82) is 0 Å². The third-order valence-electron chi connectivity index (χ3n) is 5.66. The van der Waals surface area contributed by atoms with E-state index in [9.17, 15) is 28.8 Å². The number of carboxylic acids is 5. The number of carbonyl (C=O) groups is 5. The van der Waals surface area contributed by atoms with Crippen molar-refractivity contribution in [2.24, 2.45) is 5.41 Å². The molecule has 9 N–H and O–H groups in total. The molecule has 15 nitrogen and oxygen atoms in total. The Bertz CT molecular complexity index is 1190. The Kier molecular flexibility index (Phi) is 18.8. The Morgan fingerprint density at radius 3 is 1.62 bits per heavy atom. The van der Waals surface area contributed by atoms with Crippen molar-refractivity contribution in [3.8, 4) is 0 Å². The van der Waals surface area contributed by atoms with Gasteiger partial charge in [0.05, 0.1) is 12.8 Å². The Morgan fingerprint density at radius 1 is 0.850 bits per heavy atom. The van der Waals surface area contributed by atoms with Gasteiger partial charge in [0.25, 0.3) is 0 Å². The van der Waals surface area contributed by atoms with Crippen molar-refractivity contribution in [2.45, 2.75) is 46.0 Å². The van der Waals surface area contributed by atoms with Gasteiger partial charge in [-0.25, -0.2) is 9.59 Å². The molecule has 3 rings (SSSR count). The number of rotatable bonds is 9. The van der Waals surface area contributed by atoms with E-state index < -0.39 is 40.9 Å². The standard InChI is InChI=1S/C14H15NO4.C6H8O4.C4H6O4.2H2N.Pt/c1-3-15(4-2)10-6-5-9-7-11(13(16)17)14(18)19-12(9)8-10;7-4(8)6(5(9)10)2-1-3-6;5-3(6)1-2-4(7)8;;;/h5-8H,3-4H2,1-2H3,(H,16,17);1-3H2,(H,7,8)(H,9,10);1-2H2,(H,5,6)(H,7,8);2*1H2;/q;;;2*-1;+2. The fourth-order valence-electron chi connectivity index (χ4n) is 3.30. The largest absolute Gasteiger partial charge is 2.00 e. The zero-order chi connectivity index (χ0) is 28.3. The smallest absolute Gasteiger partial charge is 0.693 e. The molecule has 16 heteroatoms. The van der Waals surface area contributed by atoms with E-state index in [1.54, 1.807) is 12.1 Å². The van der Waals surface area contributed by atoms with Gasteiger partial charge >= 0.3 is 56.5 Å². The normalized spacial score (nSPS) is 12.1. The minimum atomic E-state index is -1.44. The number of fused-ring (bicyclic) bond motifs is 1. The number of hydrogen-bond acceptors (Lipinski definition) is 8. The molecule has 1 aliphatic rings. The van der Waals surface area contributed by atoms with Crippen LogP contribution in [-0.4, -0.2) is 68.5 Å². The molecule has 1 heterocycles. The predicted octanol–water partition coefficient (Wildman–Crippen LogP) is 4.03. The molecule has 1 aromatic carbocycles. The summed E-state index contributed by atoms with van der Waals surface area (Å²) < 4.78 is 5.07. The van der Waals surface area contributed by atoms with Crippen LogP contribution in [0.5, 0.6) is 0 Å². The summed E-state index contributed by atoms with van der Waals surface area (Å²) in [4.78, 5) is 64.5. The van der Waals surface area contributed by atoms with E-state index in [1.165, 1.54) is 6.07 Å². The van der Waals surface area contributed by atoms with Crippen molar-refractivity contribution in [1.82, 2.24) is 0 Å². The number of aliphatic carboxylic acids is 4. The summed E-state index contributed by atoms with van der Waals surface area (Å²) in [5.74, 6) is -5.83. The monoisotopic (exact) mass is 750 g/mol. The molecule has 1 saturated carbocycles. The number of hydrogen-bond donors (Lipinski definition) is 5. The summed E-state index contributed by atoms with van der Waals surface area (Å²) in [7, 11) is 0. The Morgan fingerprint density at radius 2 is 1.32 bits per heavy atom. The first-order valence-corrected chi connectivity index (χ1v) is 11.3. The van der Waals surface area contributed by atoms with Crippen LogP contribution in [0.2, 0.25) is 0 Å². The van der Waals surface area contributed by atoms with Gasteiger partial charge in [-0.3, -0.25) is 19.2 Å². The molecule has 0 spiro atoms. The number of benzene rings is 1. The van der Waals surface area contributed by atoms with Gasteiger partial charge in [-0.15, -0.1) is 0 Å². The first-order valence-electron chi connectivity index (χ1n) is 11.3. The SMILES string of the molecule is CCN(CC)c1ccc2cc(C(=O)O)c(=O)oc2c1.O=C(O)C1(C(=O)O)CCC1.O=C(O)CCC(=O)O.[NH2-].[NH2-].[Pt+2]. The van der Waals surface area contributed by atoms with E-state index in [1.807, 2.05) is 19.9 Å². The van der Waals surface area contributed by atoms with Crippen molar-refractivity contribution < 1.29 is 75.0 Å². The Balaban J connectivity index is -0.000000557. The number of nitrogens with zero attached hydrogens (tertiary/aromatic N) is 1. The van der Waals surface area contributed by atoms with Gasteiger partial charge in [0.2, 0.25) is 0 Å². The van der Waals surface area contributed by atoms with Gasteiger partial charge in [-0.1, -0.05) is 0 Å². The summed E-state index contributed by atoms with van der Waals surface area (Å²) in [6, 6.07) is 6.75. The zero-order valence-corrected chi connectivity index (χ0v) is 24.0. The minimum absolute atomic E-state index is 0. The number of nitrogens with two attached hydrogens (primary N) is 2. The minimum Gasteiger partial charge on any atom is -0.693 e. The maximum Gasteiger partial charge on any atom is 2.00 e. The van der Waals surface area contributed by atoms with Gasteiger partial charge in [0, 0.05) is 30.2 Å². The maximum atomic E-state index is 11.5. The molecule has 0 radical (unpaired) electrons. The van der Waals surface area contributed by atoms with Crippen molar-refractivity contribution in [3.05, 3.63) is 52.6 Å². The second kappa shape index (κ2) is 18.5. The summed E-state index contributed by atoms with van der Waals surface area (Å²) in [6.07, 6.45) is 0.665. The summed E-state index contributed by atoms with van der Waals surface area (Å²) in [5.41, 5.74) is -1.26. The van der Waals surface area contributed by atoms with Gasteiger partial charge in [-0.05, 0) is 51.3 Å². The second-order valence-corrected chi connectivity index (χ2v) is 7.98. The van der Waals surface area contributed by atoms with E-state index >= 15 is 0 Å². The van der Waals surface area contributed by atoms with Gasteiger partial charge in [-0.2, -0.15) is 0 Å². The average molecular weight is 751 g/mol. The fourth-order valence-corrected chi connectivity index (χ4v) is 3.30. The van der Waals surface area contributed by atoms with Gasteiger partial charge in [0.1, 0.15) is 11.1 Å². The van der Waals surface area contributed by atoms with Crippen molar-refractivity contribution >= 4 is 46.5 Å². The second-order valence-electron chi connectivity index (χ2n) is 7.98. The van der Waals surface area contributed by atoms with Crippen LogP contribution in [0.4, 0.5) is 5.69 Å². The Hall–Kier alpha value is -3.81. The third kappa shape index (κ3) is 11.1. The molecule has 1 aromatic heterocycles. The molecule has 1 aliphatic carbocycles. The molecular formula is C24H33N3O12Pt. The average Bonchev–Trinajstić information content (AvgIpc) is 2.77. The van der Waals surface area contributed by atoms with Crippen LogP contribution in [-0.2, 0) is 40.2 Å². The summed E-state index contributed by atoms with van der Waals surface area (Å²) >= 11 is 0. The molecule has 0 aliphatic heterocycles. The van der Waals surface area contributed by atoms with E-state index in [0.717, 1.165) is 18.8 Å². The first kappa shape index (κ1) is 40.7. The van der Waals surface area contributed by atoms with E-state index in [-0.39, 0.29) is 64.6 Å². The summed E-state index contributed by atoms with van der Waals surface area (Å²) in [5, 5.41) is 42.2. The van der Waals surface area contributed by atoms with Crippen LogP contribution in [0.25, 0.3) is 23.3 Å². The first-order chi connectivity index (χ1) is 17.3. The topological polar surface area (TPSA) is 287 Å². The molecule has 0 bridgehead atoms. The zero-order valence-electron chi connectivity index (χ0n) is 21.8. The number of carboxylic acid groups (broad SMARTS) is 5. The van der Waals surface area contributed by atoms with Crippen molar-refractivity contribution in [3.63, 3.8) is 0 Å². The van der Waals surface area contributed by atoms with Crippen LogP contribution in [0.15, 0.2) is 33.5 Å². The molecule has 2 aromatic rings. The van der Waals surface area contributed by atoms with Crippen LogP contribution < -0.4 is 10.5 Å². The molecule has 40 heavy (non-hydrogen) atoms. The van der Waals surface area contributed by atoms with Gasteiger partial charge in [0.15, 0.2) is 5.41 Å². The van der Waals surface area contributed by atoms with Crippen LogP contribution in [0.3, 0.4) is 0 Å². The van der Waals surface area contributed by atoms with Crippen LogP contribution >= 0.6 is 0 Å². The third-order valence-corrected chi connectivity index (χ3v) is 5.66. The molecule has 0 saturated heterocycles. The molecule has 0 amide bonds. The molecule has 226 valence electrons. The molecule has 0 atom stereocenters. The van der Waals surface area contributed by atoms with Crippen LogP contribution in [0.1, 0.15) is 56.3 Å². The van der Waals surface area contributed by atoms with E-state index in [0.29, 0.717) is 17.4 Å². The number of aromatic carboxylic acids is 1. The fraction of sp³-hybridized carbons (Fsp3) is 0.417. The predicted molar refractivity (Wildman–Crippen MR) is 140 cm³/mol. The van der Waals surface area contributed by atoms with Crippen molar-refractivity contribution in [2.75, 3.05) is 18.0 Å². The van der Waals surface area contributed by atoms with E-state index in [4.69, 9.17) is 29.9 Å².